The summed E-state index contributed by atoms with van der Waals surface area (Å²) in [5, 5.41) is 0.973. The number of benzene rings is 2. The van der Waals surface area contributed by atoms with E-state index in [2.05, 4.69) is 0 Å². The lowest BCUT2D eigenvalue weighted by Crippen LogP contribution is -2.30. The summed E-state index contributed by atoms with van der Waals surface area (Å²) < 4.78 is 16.2. The van der Waals surface area contributed by atoms with Crippen LogP contribution in [-0.2, 0) is 4.57 Å². The minimum absolute atomic E-state index is 0.271. The van der Waals surface area contributed by atoms with Crippen molar-refractivity contribution in [2.75, 3.05) is 7.05 Å². The molecule has 0 bridgehead atoms. The van der Waals surface area contributed by atoms with E-state index in [1.807, 2.05) is 72.4 Å². The van der Waals surface area contributed by atoms with Crippen LogP contribution < -0.4 is 0 Å². The fraction of sp³-hybridized carbons (Fsp3) is 0.304. The Hall–Kier alpha value is -1.31. The summed E-state index contributed by atoms with van der Waals surface area (Å²) in [4.78, 5) is 0. The summed E-state index contributed by atoms with van der Waals surface area (Å²) in [6.07, 6.45) is 5.68. The van der Waals surface area contributed by atoms with Crippen molar-refractivity contribution in [2.45, 2.75) is 38.1 Å². The Labute approximate surface area is 178 Å². The maximum atomic E-state index is 14.2. The van der Waals surface area contributed by atoms with Crippen molar-refractivity contribution in [2.24, 2.45) is 0 Å². The van der Waals surface area contributed by atoms with Gasteiger partial charge in [0.25, 0.3) is 0 Å². The molecule has 0 radical (unpaired) electrons. The Kier molecular flexibility index (Phi) is 7.60. The Morgan fingerprint density at radius 1 is 0.857 bits per heavy atom. The number of hydrogen-bond acceptors (Lipinski definition) is 1. The van der Waals surface area contributed by atoms with Crippen molar-refractivity contribution in [3.05, 3.63) is 83.4 Å². The van der Waals surface area contributed by atoms with Gasteiger partial charge >= 0.3 is 0 Å². The van der Waals surface area contributed by atoms with Gasteiger partial charge in [-0.05, 0) is 31.0 Å². The summed E-state index contributed by atoms with van der Waals surface area (Å²) >= 11 is 13.2. The van der Waals surface area contributed by atoms with Gasteiger partial charge in [0.2, 0.25) is 0 Å². The molecule has 148 valence electrons. The van der Waals surface area contributed by atoms with Crippen molar-refractivity contribution in [3.63, 3.8) is 0 Å². The fourth-order valence-corrected chi connectivity index (χ4v) is 6.82. The molecule has 0 N–H and O–H groups in total. The van der Waals surface area contributed by atoms with E-state index in [0.29, 0.717) is 10.1 Å². The second kappa shape index (κ2) is 9.94. The average molecular weight is 434 g/mol. The van der Waals surface area contributed by atoms with Crippen molar-refractivity contribution < 1.29 is 4.57 Å². The van der Waals surface area contributed by atoms with Gasteiger partial charge in [0.05, 0.1) is 10.1 Å². The Morgan fingerprint density at radius 3 is 1.71 bits per heavy atom. The summed E-state index contributed by atoms with van der Waals surface area (Å²) in [7, 11) is -1.14. The van der Waals surface area contributed by atoms with Gasteiger partial charge in [0.15, 0.2) is 7.29 Å². The van der Waals surface area contributed by atoms with E-state index in [1.54, 1.807) is 11.6 Å². The Balaban J connectivity index is 2.01. The highest BCUT2D eigenvalue weighted by Gasteiger charge is 2.31. The highest BCUT2D eigenvalue weighted by atomic mass is 35.5. The van der Waals surface area contributed by atoms with Crippen LogP contribution in [0.3, 0.4) is 0 Å². The van der Waals surface area contributed by atoms with Crippen LogP contribution in [0.5, 0.6) is 0 Å². The summed E-state index contributed by atoms with van der Waals surface area (Å²) in [5.41, 5.74) is 1.70. The van der Waals surface area contributed by atoms with Crippen LogP contribution in [0, 0.1) is 0 Å². The predicted octanol–water partition coefficient (Wildman–Crippen LogP) is 8.00. The number of nitrogens with zero attached hydrogens (tertiary/aromatic N) is 1. The SMILES string of the molecule is CN(C1CCCCC1)P(=O)(C=C(Cl)c1ccccc1)C=C(Cl)c1ccccc1. The smallest absolute Gasteiger partial charge is 0.196 e. The third-order valence-electron chi connectivity index (χ3n) is 5.29. The van der Waals surface area contributed by atoms with Gasteiger partial charge < -0.3 is 0 Å². The Bertz CT molecular complexity index is 814. The molecule has 0 heterocycles. The molecule has 5 heteroatoms. The van der Waals surface area contributed by atoms with Crippen molar-refractivity contribution in [1.82, 2.24) is 4.67 Å². The third kappa shape index (κ3) is 5.39. The quantitative estimate of drug-likeness (QED) is 0.429. The molecule has 2 aromatic carbocycles. The molecule has 1 aliphatic carbocycles. The van der Waals surface area contributed by atoms with Crippen molar-refractivity contribution >= 4 is 40.6 Å². The van der Waals surface area contributed by atoms with E-state index in [1.165, 1.54) is 19.3 Å². The molecule has 0 aromatic heterocycles. The molecule has 1 aliphatic rings. The van der Waals surface area contributed by atoms with E-state index in [9.17, 15) is 4.57 Å². The predicted molar refractivity (Wildman–Crippen MR) is 123 cm³/mol. The van der Waals surface area contributed by atoms with Crippen LogP contribution in [0.25, 0.3) is 10.1 Å². The maximum absolute atomic E-state index is 14.2. The summed E-state index contributed by atoms with van der Waals surface area (Å²) in [5.74, 6) is 3.40. The van der Waals surface area contributed by atoms with E-state index in [-0.39, 0.29) is 6.04 Å². The lowest BCUT2D eigenvalue weighted by Gasteiger charge is -2.34. The summed E-state index contributed by atoms with van der Waals surface area (Å²) in [6, 6.07) is 19.5. The van der Waals surface area contributed by atoms with Crippen LogP contribution in [-0.4, -0.2) is 17.8 Å². The molecular weight excluding hydrogens is 408 g/mol. The molecule has 0 amide bonds. The second-order valence-electron chi connectivity index (χ2n) is 7.22. The molecule has 28 heavy (non-hydrogen) atoms. The number of rotatable bonds is 6. The molecule has 0 spiro atoms. The van der Waals surface area contributed by atoms with Crippen LogP contribution in [0.15, 0.2) is 72.3 Å². The lowest BCUT2D eigenvalue weighted by molar-refractivity contribution is 0.288. The van der Waals surface area contributed by atoms with Crippen LogP contribution >= 0.6 is 30.5 Å². The number of hydrogen-bond donors (Lipinski definition) is 0. The highest BCUT2D eigenvalue weighted by molar-refractivity contribution is 7.68. The first kappa shape index (κ1) is 21.4. The highest BCUT2D eigenvalue weighted by Crippen LogP contribution is 2.58. The molecule has 2 aromatic rings. The van der Waals surface area contributed by atoms with E-state index in [0.717, 1.165) is 24.0 Å². The molecular formula is C23H26Cl2NOP. The van der Waals surface area contributed by atoms with E-state index >= 15 is 0 Å². The topological polar surface area (TPSA) is 20.3 Å². The first-order valence-electron chi connectivity index (χ1n) is 9.70. The summed E-state index contributed by atoms with van der Waals surface area (Å²) in [6.45, 7) is 0. The van der Waals surface area contributed by atoms with Gasteiger partial charge in [0.1, 0.15) is 0 Å². The van der Waals surface area contributed by atoms with Gasteiger partial charge in [0, 0.05) is 17.7 Å². The van der Waals surface area contributed by atoms with Crippen molar-refractivity contribution in [1.29, 1.82) is 0 Å². The normalized spacial score (nSPS) is 18.9. The van der Waals surface area contributed by atoms with Crippen LogP contribution in [0.1, 0.15) is 43.2 Å². The maximum Gasteiger partial charge on any atom is 0.196 e. The minimum atomic E-state index is -3.08. The second-order valence-corrected chi connectivity index (χ2v) is 10.5. The molecule has 3 rings (SSSR count). The van der Waals surface area contributed by atoms with Gasteiger partial charge in [-0.1, -0.05) is 103 Å². The minimum Gasteiger partial charge on any atom is -0.297 e. The Morgan fingerprint density at radius 2 is 1.29 bits per heavy atom. The molecule has 0 saturated heterocycles. The molecule has 0 aliphatic heterocycles. The van der Waals surface area contributed by atoms with Crippen molar-refractivity contribution in [3.8, 4) is 0 Å². The van der Waals surface area contributed by atoms with Gasteiger partial charge in [-0.2, -0.15) is 0 Å². The zero-order chi connectivity index (χ0) is 20.0. The molecule has 1 fully saturated rings. The largest absolute Gasteiger partial charge is 0.297 e. The molecule has 2 nitrogen and oxygen atoms in total. The third-order valence-corrected chi connectivity index (χ3v) is 8.82. The standard InChI is InChI=1S/C23H26Cl2NOP/c1-26(21-15-9-4-10-16-21)28(27,17-22(24)19-11-5-2-6-12-19)18-23(25)20-13-7-3-8-14-20/h2-3,5-8,11-14,17-18,21H,4,9-10,15-16H2,1H3. The molecule has 0 unspecified atom stereocenters. The molecule has 1 saturated carbocycles. The van der Waals surface area contributed by atoms with Gasteiger partial charge in [-0.25, -0.2) is 4.67 Å². The van der Waals surface area contributed by atoms with E-state index < -0.39 is 7.29 Å². The monoisotopic (exact) mass is 433 g/mol. The average Bonchev–Trinajstić information content (AvgIpc) is 2.75. The zero-order valence-electron chi connectivity index (χ0n) is 16.1. The lowest BCUT2D eigenvalue weighted by atomic mass is 9.96. The number of halogens is 2. The van der Waals surface area contributed by atoms with Gasteiger partial charge in [-0.15, -0.1) is 0 Å². The van der Waals surface area contributed by atoms with Crippen LogP contribution in [0.2, 0.25) is 0 Å². The first-order valence-corrected chi connectivity index (χ1v) is 12.3. The zero-order valence-corrected chi connectivity index (χ0v) is 18.5. The first-order chi connectivity index (χ1) is 13.5. The fourth-order valence-electron chi connectivity index (χ4n) is 3.60. The van der Waals surface area contributed by atoms with Gasteiger partial charge in [-0.3, -0.25) is 4.57 Å². The van der Waals surface area contributed by atoms with Crippen LogP contribution in [0.4, 0.5) is 0 Å². The molecule has 0 atom stereocenters. The van der Waals surface area contributed by atoms with E-state index in [4.69, 9.17) is 23.2 Å².